The highest BCUT2D eigenvalue weighted by molar-refractivity contribution is 5.88. The van der Waals surface area contributed by atoms with Gasteiger partial charge in [-0.3, -0.25) is 0 Å². The van der Waals surface area contributed by atoms with Gasteiger partial charge >= 0.3 is 0 Å². The van der Waals surface area contributed by atoms with E-state index in [-0.39, 0.29) is 0 Å². The molecule has 0 aliphatic rings. The Morgan fingerprint density at radius 2 is 1.89 bits per heavy atom. The maximum absolute atomic E-state index is 6.02. The van der Waals surface area contributed by atoms with Gasteiger partial charge in [0.25, 0.3) is 0 Å². The Bertz CT molecular complexity index is 668. The normalized spacial score (nSPS) is 10.7. The first kappa shape index (κ1) is 10.7. The average molecular weight is 238 g/mol. The number of methoxy groups -OCH3 is 1. The van der Waals surface area contributed by atoms with Gasteiger partial charge in [0.15, 0.2) is 0 Å². The second-order valence-electron chi connectivity index (χ2n) is 4.22. The van der Waals surface area contributed by atoms with Crippen LogP contribution in [0.4, 0.5) is 5.69 Å². The number of nitrogens with two attached hydrogens (primary N) is 1. The zero-order valence-electron chi connectivity index (χ0n) is 10.1. The molecule has 90 valence electrons. The number of benzene rings is 2. The third-order valence-electron chi connectivity index (χ3n) is 3.08. The summed E-state index contributed by atoms with van der Waals surface area (Å²) in [6.45, 7) is 0. The van der Waals surface area contributed by atoms with Gasteiger partial charge in [-0.25, -0.2) is 0 Å². The molecule has 3 aromatic rings. The highest BCUT2D eigenvalue weighted by Crippen LogP contribution is 2.31. The van der Waals surface area contributed by atoms with Gasteiger partial charge in [0.05, 0.1) is 7.11 Å². The number of nitrogen functional groups attached to an aromatic ring is 1. The summed E-state index contributed by atoms with van der Waals surface area (Å²) < 4.78 is 5.24. The van der Waals surface area contributed by atoms with Crippen molar-refractivity contribution in [3.8, 4) is 17.0 Å². The number of aromatic amines is 1. The molecule has 0 bridgehead atoms. The fourth-order valence-corrected chi connectivity index (χ4v) is 2.11. The molecule has 0 saturated heterocycles. The van der Waals surface area contributed by atoms with Gasteiger partial charge in [0.1, 0.15) is 5.75 Å². The molecule has 0 spiro atoms. The first-order valence-corrected chi connectivity index (χ1v) is 5.79. The van der Waals surface area contributed by atoms with E-state index in [1.807, 2.05) is 30.3 Å². The summed E-state index contributed by atoms with van der Waals surface area (Å²) in [5.41, 5.74) is 9.84. The molecule has 1 heterocycles. The monoisotopic (exact) mass is 238 g/mol. The fourth-order valence-electron chi connectivity index (χ4n) is 2.11. The van der Waals surface area contributed by atoms with E-state index in [0.29, 0.717) is 0 Å². The van der Waals surface area contributed by atoms with Crippen LogP contribution in [0.25, 0.3) is 22.2 Å². The maximum atomic E-state index is 6.02. The van der Waals surface area contributed by atoms with Crippen molar-refractivity contribution in [2.24, 2.45) is 0 Å². The van der Waals surface area contributed by atoms with Crippen molar-refractivity contribution < 1.29 is 4.74 Å². The van der Waals surface area contributed by atoms with Crippen molar-refractivity contribution in [2.45, 2.75) is 0 Å². The van der Waals surface area contributed by atoms with Crippen molar-refractivity contribution in [3.63, 3.8) is 0 Å². The van der Waals surface area contributed by atoms with Crippen LogP contribution in [0.2, 0.25) is 0 Å². The molecule has 0 radical (unpaired) electrons. The van der Waals surface area contributed by atoms with Gasteiger partial charge < -0.3 is 15.5 Å². The number of aromatic nitrogens is 1. The summed E-state index contributed by atoms with van der Waals surface area (Å²) in [5.74, 6) is 0.804. The summed E-state index contributed by atoms with van der Waals surface area (Å²) in [6, 6.07) is 15.9. The van der Waals surface area contributed by atoms with Crippen molar-refractivity contribution in [1.29, 1.82) is 0 Å². The number of rotatable bonds is 2. The number of para-hydroxylation sites is 1. The smallest absolute Gasteiger partial charge is 0.119 e. The number of hydrogen-bond donors (Lipinski definition) is 2. The second kappa shape index (κ2) is 4.11. The average Bonchev–Trinajstić information content (AvgIpc) is 2.82. The van der Waals surface area contributed by atoms with Crippen LogP contribution >= 0.6 is 0 Å². The van der Waals surface area contributed by atoms with E-state index in [1.54, 1.807) is 7.11 Å². The summed E-state index contributed by atoms with van der Waals surface area (Å²) in [5, 5.41) is 1.18. The molecular weight excluding hydrogens is 224 g/mol. The largest absolute Gasteiger partial charge is 0.497 e. The molecule has 0 fully saturated rings. The minimum Gasteiger partial charge on any atom is -0.497 e. The van der Waals surface area contributed by atoms with Crippen LogP contribution in [0.15, 0.2) is 48.5 Å². The SMILES string of the molecule is COc1ccc(N)c(-c2cc3ccccc3[nH]2)c1. The van der Waals surface area contributed by atoms with Crippen LogP contribution in [0.1, 0.15) is 0 Å². The number of hydrogen-bond acceptors (Lipinski definition) is 2. The maximum Gasteiger partial charge on any atom is 0.119 e. The molecule has 0 saturated carbocycles. The van der Waals surface area contributed by atoms with E-state index < -0.39 is 0 Å². The summed E-state index contributed by atoms with van der Waals surface area (Å²) >= 11 is 0. The highest BCUT2D eigenvalue weighted by Gasteiger charge is 2.07. The van der Waals surface area contributed by atoms with Crippen molar-refractivity contribution >= 4 is 16.6 Å². The quantitative estimate of drug-likeness (QED) is 0.672. The Kier molecular flexibility index (Phi) is 2.45. The van der Waals surface area contributed by atoms with E-state index in [4.69, 9.17) is 10.5 Å². The lowest BCUT2D eigenvalue weighted by molar-refractivity contribution is 0.415. The first-order chi connectivity index (χ1) is 8.78. The standard InChI is InChI=1S/C15H14N2O/c1-18-11-6-7-13(16)12(9-11)15-8-10-4-2-3-5-14(10)17-15/h2-9,17H,16H2,1H3. The molecular formula is C15H14N2O. The lowest BCUT2D eigenvalue weighted by atomic mass is 10.1. The number of nitrogens with one attached hydrogen (secondary N) is 1. The van der Waals surface area contributed by atoms with E-state index in [2.05, 4.69) is 23.2 Å². The van der Waals surface area contributed by atoms with E-state index in [0.717, 1.165) is 28.2 Å². The Labute approximate surface area is 105 Å². The molecule has 1 aromatic heterocycles. The predicted octanol–water partition coefficient (Wildman–Crippen LogP) is 3.43. The van der Waals surface area contributed by atoms with Crippen LogP contribution in [-0.2, 0) is 0 Å². The van der Waals surface area contributed by atoms with Gasteiger partial charge in [0.2, 0.25) is 0 Å². The van der Waals surface area contributed by atoms with Crippen molar-refractivity contribution in [3.05, 3.63) is 48.5 Å². The second-order valence-corrected chi connectivity index (χ2v) is 4.22. The van der Waals surface area contributed by atoms with Crippen molar-refractivity contribution in [1.82, 2.24) is 4.98 Å². The third kappa shape index (κ3) is 1.70. The summed E-state index contributed by atoms with van der Waals surface area (Å²) in [6.07, 6.45) is 0. The minimum absolute atomic E-state index is 0.738. The molecule has 3 nitrogen and oxygen atoms in total. The molecule has 3 rings (SSSR count). The van der Waals surface area contributed by atoms with Gasteiger partial charge in [-0.1, -0.05) is 18.2 Å². The molecule has 0 amide bonds. The molecule has 0 aliphatic heterocycles. The molecule has 0 unspecified atom stereocenters. The predicted molar refractivity (Wildman–Crippen MR) is 74.7 cm³/mol. The Morgan fingerprint density at radius 1 is 1.06 bits per heavy atom. The lowest BCUT2D eigenvalue weighted by Gasteiger charge is -2.06. The first-order valence-electron chi connectivity index (χ1n) is 5.79. The van der Waals surface area contributed by atoms with Crippen LogP contribution in [0, 0.1) is 0 Å². The zero-order valence-corrected chi connectivity index (χ0v) is 10.1. The zero-order chi connectivity index (χ0) is 12.5. The van der Waals surface area contributed by atoms with Crippen LogP contribution < -0.4 is 10.5 Å². The Balaban J connectivity index is 2.19. The van der Waals surface area contributed by atoms with E-state index in [1.165, 1.54) is 5.39 Å². The van der Waals surface area contributed by atoms with Crippen LogP contribution in [-0.4, -0.2) is 12.1 Å². The number of anilines is 1. The van der Waals surface area contributed by atoms with E-state index >= 15 is 0 Å². The summed E-state index contributed by atoms with van der Waals surface area (Å²) in [4.78, 5) is 3.37. The number of fused-ring (bicyclic) bond motifs is 1. The summed E-state index contributed by atoms with van der Waals surface area (Å²) in [7, 11) is 1.65. The van der Waals surface area contributed by atoms with Gasteiger partial charge in [0, 0.05) is 27.8 Å². The van der Waals surface area contributed by atoms with Crippen LogP contribution in [0.5, 0.6) is 5.75 Å². The van der Waals surface area contributed by atoms with Crippen molar-refractivity contribution in [2.75, 3.05) is 12.8 Å². The number of H-pyrrole nitrogens is 1. The third-order valence-corrected chi connectivity index (χ3v) is 3.08. The highest BCUT2D eigenvalue weighted by atomic mass is 16.5. The lowest BCUT2D eigenvalue weighted by Crippen LogP contribution is -1.91. The van der Waals surface area contributed by atoms with Gasteiger partial charge in [-0.15, -0.1) is 0 Å². The fraction of sp³-hybridized carbons (Fsp3) is 0.0667. The van der Waals surface area contributed by atoms with Crippen LogP contribution in [0.3, 0.4) is 0 Å². The molecule has 18 heavy (non-hydrogen) atoms. The van der Waals surface area contributed by atoms with Gasteiger partial charge in [-0.05, 0) is 30.3 Å². The molecule has 3 heteroatoms. The number of ether oxygens (including phenoxy) is 1. The Hall–Kier alpha value is -2.42. The topological polar surface area (TPSA) is 51.0 Å². The Morgan fingerprint density at radius 3 is 2.67 bits per heavy atom. The van der Waals surface area contributed by atoms with Gasteiger partial charge in [-0.2, -0.15) is 0 Å². The molecule has 2 aromatic carbocycles. The molecule has 3 N–H and O–H groups in total. The molecule has 0 aliphatic carbocycles. The minimum atomic E-state index is 0.738. The molecule has 0 atom stereocenters. The van der Waals surface area contributed by atoms with E-state index in [9.17, 15) is 0 Å².